The van der Waals surface area contributed by atoms with E-state index in [9.17, 15) is 4.79 Å². The number of fused-ring (bicyclic) bond motifs is 1. The van der Waals surface area contributed by atoms with Gasteiger partial charge in [0.1, 0.15) is 0 Å². The quantitative estimate of drug-likeness (QED) is 0.124. The van der Waals surface area contributed by atoms with Crippen molar-refractivity contribution in [1.29, 1.82) is 0 Å². The maximum absolute atomic E-state index is 12.5. The average molecular weight is 445 g/mol. The highest BCUT2D eigenvalue weighted by molar-refractivity contribution is 6.02. The molecule has 3 aromatic rings. The van der Waals surface area contributed by atoms with E-state index in [4.69, 9.17) is 4.84 Å². The van der Waals surface area contributed by atoms with Crippen LogP contribution in [0.5, 0.6) is 0 Å². The maximum Gasteiger partial charge on any atom is 0.437 e. The third-order valence-electron chi connectivity index (χ3n) is 5.89. The molecule has 1 amide bonds. The van der Waals surface area contributed by atoms with Crippen LogP contribution in [0.1, 0.15) is 76.7 Å². The zero-order valence-electron chi connectivity index (χ0n) is 19.8. The normalized spacial score (nSPS) is 11.5. The van der Waals surface area contributed by atoms with Crippen LogP contribution in [0.4, 0.5) is 10.5 Å². The number of hydrogen-bond donors (Lipinski definition) is 1. The molecule has 0 spiro atoms. The van der Waals surface area contributed by atoms with Crippen molar-refractivity contribution in [3.63, 3.8) is 0 Å². The first-order valence-electron chi connectivity index (χ1n) is 12.4. The standard InChI is InChI=1S/C29H36N2O2/c1-2-3-4-5-6-7-8-9-13-22-27(25-18-11-10-12-19-25)31-33-29(32)30-28-23-16-20-24-17-14-15-21-26(24)28/h10-12,14-21,23H,2-9,13,22H2,1H3,(H,30,32)/b31-27-. The topological polar surface area (TPSA) is 50.7 Å². The van der Waals surface area contributed by atoms with Crippen LogP contribution in [0, 0.1) is 0 Å². The lowest BCUT2D eigenvalue weighted by Gasteiger charge is -2.09. The van der Waals surface area contributed by atoms with Gasteiger partial charge in [-0.25, -0.2) is 4.79 Å². The molecule has 1 N–H and O–H groups in total. The molecule has 0 atom stereocenters. The summed E-state index contributed by atoms with van der Waals surface area (Å²) in [4.78, 5) is 17.8. The van der Waals surface area contributed by atoms with Gasteiger partial charge in [-0.1, -0.05) is 130 Å². The average Bonchev–Trinajstić information content (AvgIpc) is 2.85. The predicted octanol–water partition coefficient (Wildman–Crippen LogP) is 8.71. The smallest absolute Gasteiger partial charge is 0.297 e. The van der Waals surface area contributed by atoms with Gasteiger partial charge in [0, 0.05) is 5.39 Å². The number of carbonyl (C=O) groups is 1. The lowest BCUT2D eigenvalue weighted by Crippen LogP contribution is -2.13. The summed E-state index contributed by atoms with van der Waals surface area (Å²) in [7, 11) is 0. The van der Waals surface area contributed by atoms with Gasteiger partial charge < -0.3 is 0 Å². The number of anilines is 1. The summed E-state index contributed by atoms with van der Waals surface area (Å²) in [6.07, 6.45) is 11.7. The van der Waals surface area contributed by atoms with E-state index in [1.807, 2.05) is 72.8 Å². The second-order valence-corrected chi connectivity index (χ2v) is 8.51. The van der Waals surface area contributed by atoms with Crippen LogP contribution >= 0.6 is 0 Å². The molecular weight excluding hydrogens is 408 g/mol. The number of nitrogens with one attached hydrogen (secondary N) is 1. The zero-order chi connectivity index (χ0) is 23.1. The summed E-state index contributed by atoms with van der Waals surface area (Å²) in [6.45, 7) is 2.25. The van der Waals surface area contributed by atoms with Crippen LogP contribution in [-0.4, -0.2) is 11.8 Å². The Hall–Kier alpha value is -3.14. The van der Waals surface area contributed by atoms with E-state index in [2.05, 4.69) is 17.4 Å². The molecule has 0 aliphatic heterocycles. The lowest BCUT2D eigenvalue weighted by atomic mass is 10.0. The Morgan fingerprint density at radius 1 is 0.758 bits per heavy atom. The van der Waals surface area contributed by atoms with Crippen molar-refractivity contribution in [3.8, 4) is 0 Å². The molecule has 0 saturated carbocycles. The van der Waals surface area contributed by atoms with Crippen LogP contribution in [0.15, 0.2) is 78.0 Å². The number of nitrogens with zero attached hydrogens (tertiary/aromatic N) is 1. The summed E-state index contributed by atoms with van der Waals surface area (Å²) in [5, 5.41) is 9.11. The Balaban J connectivity index is 1.52. The van der Waals surface area contributed by atoms with Crippen molar-refractivity contribution < 1.29 is 9.63 Å². The maximum atomic E-state index is 12.5. The molecule has 0 fully saturated rings. The van der Waals surface area contributed by atoms with Crippen molar-refractivity contribution in [2.75, 3.05) is 5.32 Å². The summed E-state index contributed by atoms with van der Waals surface area (Å²) in [6, 6.07) is 23.7. The highest BCUT2D eigenvalue weighted by atomic mass is 16.7. The summed E-state index contributed by atoms with van der Waals surface area (Å²) >= 11 is 0. The van der Waals surface area contributed by atoms with Gasteiger partial charge in [0.05, 0.1) is 11.4 Å². The highest BCUT2D eigenvalue weighted by Gasteiger charge is 2.09. The lowest BCUT2D eigenvalue weighted by molar-refractivity contribution is 0.166. The predicted molar refractivity (Wildman–Crippen MR) is 139 cm³/mol. The van der Waals surface area contributed by atoms with E-state index in [1.54, 1.807) is 0 Å². The molecule has 0 heterocycles. The van der Waals surface area contributed by atoms with E-state index < -0.39 is 6.09 Å². The van der Waals surface area contributed by atoms with E-state index >= 15 is 0 Å². The molecule has 3 aromatic carbocycles. The first-order valence-corrected chi connectivity index (χ1v) is 12.4. The second-order valence-electron chi connectivity index (χ2n) is 8.51. The van der Waals surface area contributed by atoms with Gasteiger partial charge in [-0.3, -0.25) is 10.2 Å². The molecule has 0 unspecified atom stereocenters. The van der Waals surface area contributed by atoms with Crippen molar-refractivity contribution in [3.05, 3.63) is 78.4 Å². The fourth-order valence-electron chi connectivity index (χ4n) is 4.04. The second kappa shape index (κ2) is 14.1. The monoisotopic (exact) mass is 444 g/mol. The minimum atomic E-state index is -0.577. The number of amides is 1. The van der Waals surface area contributed by atoms with Crippen molar-refractivity contribution in [1.82, 2.24) is 0 Å². The van der Waals surface area contributed by atoms with Crippen LogP contribution in [0.3, 0.4) is 0 Å². The number of hydrogen-bond acceptors (Lipinski definition) is 3. The SMILES string of the molecule is CCCCCCCCCCC/C(=N/OC(=O)Nc1cccc2ccccc12)c1ccccc1. The number of carbonyl (C=O) groups excluding carboxylic acids is 1. The molecule has 4 nitrogen and oxygen atoms in total. The number of rotatable bonds is 13. The van der Waals surface area contributed by atoms with Crippen molar-refractivity contribution in [2.24, 2.45) is 5.16 Å². The summed E-state index contributed by atoms with van der Waals surface area (Å²) < 4.78 is 0. The fraction of sp³-hybridized carbons (Fsp3) is 0.379. The van der Waals surface area contributed by atoms with Crippen molar-refractivity contribution in [2.45, 2.75) is 71.1 Å². The van der Waals surface area contributed by atoms with Gasteiger partial charge >= 0.3 is 6.09 Å². The Morgan fingerprint density at radius 2 is 1.39 bits per heavy atom. The molecule has 0 aromatic heterocycles. The molecule has 0 radical (unpaired) electrons. The third kappa shape index (κ3) is 8.38. The third-order valence-corrected chi connectivity index (χ3v) is 5.89. The van der Waals surface area contributed by atoms with Gasteiger partial charge in [0.15, 0.2) is 0 Å². The molecule has 33 heavy (non-hydrogen) atoms. The summed E-state index contributed by atoms with van der Waals surface area (Å²) in [5.41, 5.74) is 2.52. The molecule has 0 saturated heterocycles. The Kier molecular flexibility index (Phi) is 10.5. The molecule has 3 rings (SSSR count). The van der Waals surface area contributed by atoms with E-state index in [0.717, 1.165) is 34.9 Å². The number of oxime groups is 1. The van der Waals surface area contributed by atoms with Crippen LogP contribution in [0.25, 0.3) is 10.8 Å². The molecule has 174 valence electrons. The number of unbranched alkanes of at least 4 members (excludes halogenated alkanes) is 8. The molecule has 0 bridgehead atoms. The minimum absolute atomic E-state index is 0.577. The first kappa shape index (κ1) is 24.5. The molecule has 0 aliphatic carbocycles. The molecule has 4 heteroatoms. The fourth-order valence-corrected chi connectivity index (χ4v) is 4.04. The van der Waals surface area contributed by atoms with E-state index in [1.165, 1.54) is 51.4 Å². The Labute approximate surface area is 198 Å². The van der Waals surface area contributed by atoms with Crippen LogP contribution in [0.2, 0.25) is 0 Å². The molecular formula is C29H36N2O2. The first-order chi connectivity index (χ1) is 16.3. The van der Waals surface area contributed by atoms with E-state index in [0.29, 0.717) is 5.69 Å². The highest BCUT2D eigenvalue weighted by Crippen LogP contribution is 2.23. The van der Waals surface area contributed by atoms with Gasteiger partial charge in [0.25, 0.3) is 0 Å². The van der Waals surface area contributed by atoms with Crippen molar-refractivity contribution >= 4 is 28.3 Å². The number of benzene rings is 3. The zero-order valence-corrected chi connectivity index (χ0v) is 19.8. The Morgan fingerprint density at radius 3 is 2.15 bits per heavy atom. The van der Waals surface area contributed by atoms with Gasteiger partial charge in [-0.2, -0.15) is 0 Å². The van der Waals surface area contributed by atoms with Gasteiger partial charge in [-0.05, 0) is 29.9 Å². The van der Waals surface area contributed by atoms with Gasteiger partial charge in [0.2, 0.25) is 0 Å². The molecule has 0 aliphatic rings. The van der Waals surface area contributed by atoms with Crippen LogP contribution in [-0.2, 0) is 4.84 Å². The van der Waals surface area contributed by atoms with E-state index in [-0.39, 0.29) is 0 Å². The Bertz CT molecular complexity index is 1010. The largest absolute Gasteiger partial charge is 0.437 e. The minimum Gasteiger partial charge on any atom is -0.297 e. The van der Waals surface area contributed by atoms with Crippen LogP contribution < -0.4 is 5.32 Å². The van der Waals surface area contributed by atoms with Gasteiger partial charge in [-0.15, -0.1) is 0 Å². The summed E-state index contributed by atoms with van der Waals surface area (Å²) in [5.74, 6) is 0.